The largest absolute Gasteiger partial charge is 0.274 e. The quantitative estimate of drug-likeness (QED) is 0.181. The van der Waals surface area contributed by atoms with E-state index in [9.17, 15) is 0 Å². The van der Waals surface area contributed by atoms with E-state index >= 15 is 0 Å². The molecule has 0 bridgehead atoms. The van der Waals surface area contributed by atoms with Crippen LogP contribution in [0.3, 0.4) is 0 Å². The molecule has 0 fully saturated rings. The number of hydrogen-bond acceptors (Lipinski definition) is 2. The summed E-state index contributed by atoms with van der Waals surface area (Å²) in [5.41, 5.74) is 5.00. The Hall–Kier alpha value is -0.0900. The van der Waals surface area contributed by atoms with Crippen LogP contribution in [-0.4, -0.2) is 11.0 Å². The van der Waals surface area contributed by atoms with Gasteiger partial charge in [0, 0.05) is 0 Å². The smallest absolute Gasteiger partial charge is 0.0829 e. The van der Waals surface area contributed by atoms with Gasteiger partial charge in [-0.2, -0.15) is 5.10 Å². The molecule has 0 aromatic rings. The Balaban J connectivity index is 2.85. The Morgan fingerprint density at radius 3 is 2.67 bits per heavy atom. The van der Waals surface area contributed by atoms with Crippen molar-refractivity contribution in [3.63, 3.8) is 0 Å². The van der Waals surface area contributed by atoms with E-state index in [0.717, 1.165) is 0 Å². The highest BCUT2D eigenvalue weighted by molar-refractivity contribution is 7.94. The maximum Gasteiger partial charge on any atom is 0.0829 e. The van der Waals surface area contributed by atoms with Gasteiger partial charge in [0.05, 0.1) is 11.0 Å². The molecule has 0 unspecified atom stereocenters. The molecule has 0 saturated heterocycles. The molecule has 0 aromatic carbocycles. The lowest BCUT2D eigenvalue weighted by Gasteiger charge is -1.76. The SMILES string of the molecule is S=CN/N=C/S. The summed E-state index contributed by atoms with van der Waals surface area (Å²) < 4.78 is 0. The molecule has 0 rings (SSSR count). The van der Waals surface area contributed by atoms with Crippen LogP contribution in [0.25, 0.3) is 0 Å². The molecular formula is C2H4N2S2. The highest BCUT2D eigenvalue weighted by atomic mass is 32.1. The number of nitrogens with zero attached hydrogens (tertiary/aromatic N) is 1. The predicted molar refractivity (Wildman–Crippen MR) is 34.3 cm³/mol. The van der Waals surface area contributed by atoms with Gasteiger partial charge >= 0.3 is 0 Å². The molecule has 6 heavy (non-hydrogen) atoms. The first-order valence-electron chi connectivity index (χ1n) is 1.26. The lowest BCUT2D eigenvalue weighted by molar-refractivity contribution is 1.09. The predicted octanol–water partition coefficient (Wildman–Crippen LogP) is 0.406. The summed E-state index contributed by atoms with van der Waals surface area (Å²) >= 11 is 7.97. The second-order valence-corrected chi connectivity index (χ2v) is 0.958. The second-order valence-electron chi connectivity index (χ2n) is 0.492. The molecule has 0 aromatic heterocycles. The molecule has 0 aliphatic carbocycles. The first-order valence-corrected chi connectivity index (χ1v) is 2.25. The molecule has 0 radical (unpaired) electrons. The number of thiocarbonyl (C=S) groups is 1. The summed E-state index contributed by atoms with van der Waals surface area (Å²) in [6.45, 7) is 0. The van der Waals surface area contributed by atoms with Gasteiger partial charge in [-0.3, -0.25) is 5.43 Å². The molecular weight excluding hydrogens is 116 g/mol. The average Bonchev–Trinajstić information content (AvgIpc) is 1.61. The molecule has 2 nitrogen and oxygen atoms in total. The minimum Gasteiger partial charge on any atom is -0.274 e. The minimum atomic E-state index is 1.30. The van der Waals surface area contributed by atoms with Gasteiger partial charge in [0.25, 0.3) is 0 Å². The number of hydrazone groups is 1. The first-order chi connectivity index (χ1) is 2.91. The zero-order valence-corrected chi connectivity index (χ0v) is 4.67. The van der Waals surface area contributed by atoms with Crippen molar-refractivity contribution in [3.8, 4) is 0 Å². The number of thiol groups is 1. The molecule has 0 spiro atoms. The first kappa shape index (κ1) is 5.91. The molecule has 34 valence electrons. The molecule has 0 aliphatic heterocycles. The summed E-state index contributed by atoms with van der Waals surface area (Å²) in [6.07, 6.45) is 0. The van der Waals surface area contributed by atoms with Crippen molar-refractivity contribution < 1.29 is 0 Å². The van der Waals surface area contributed by atoms with E-state index in [0.29, 0.717) is 0 Å². The van der Waals surface area contributed by atoms with Crippen LogP contribution in [-0.2, 0) is 0 Å². The average molecular weight is 120 g/mol. The normalized spacial score (nSPS) is 8.83. The third-order valence-corrected chi connectivity index (χ3v) is 0.406. The van der Waals surface area contributed by atoms with Gasteiger partial charge in [0.1, 0.15) is 0 Å². The fourth-order valence-corrected chi connectivity index (χ4v) is 0.191. The Kier molecular flexibility index (Phi) is 4.84. The van der Waals surface area contributed by atoms with E-state index in [2.05, 4.69) is 35.4 Å². The highest BCUT2D eigenvalue weighted by Crippen LogP contribution is 1.55. The van der Waals surface area contributed by atoms with Crippen molar-refractivity contribution in [2.24, 2.45) is 5.10 Å². The van der Waals surface area contributed by atoms with E-state index < -0.39 is 0 Å². The Bertz CT molecular complexity index is 60.6. The monoisotopic (exact) mass is 120 g/mol. The Morgan fingerprint density at radius 2 is 2.50 bits per heavy atom. The molecule has 0 saturated carbocycles. The van der Waals surface area contributed by atoms with Gasteiger partial charge < -0.3 is 0 Å². The minimum absolute atomic E-state index is 1.30. The Labute approximate surface area is 47.0 Å². The summed E-state index contributed by atoms with van der Waals surface area (Å²) in [4.78, 5) is 0. The fourth-order valence-electron chi connectivity index (χ4n) is 0.0638. The van der Waals surface area contributed by atoms with Crippen molar-refractivity contribution in [2.75, 3.05) is 0 Å². The molecule has 0 amide bonds. The van der Waals surface area contributed by atoms with Crippen LogP contribution in [0.5, 0.6) is 0 Å². The number of rotatable bonds is 2. The van der Waals surface area contributed by atoms with Crippen LogP contribution in [0.2, 0.25) is 0 Å². The second kappa shape index (κ2) is 4.91. The molecule has 0 atom stereocenters. The van der Waals surface area contributed by atoms with Crippen LogP contribution in [0.4, 0.5) is 0 Å². The van der Waals surface area contributed by atoms with E-state index in [-0.39, 0.29) is 0 Å². The van der Waals surface area contributed by atoms with Crippen molar-refractivity contribution >= 4 is 35.9 Å². The zero-order chi connectivity index (χ0) is 4.83. The van der Waals surface area contributed by atoms with Gasteiger partial charge in [-0.05, 0) is 0 Å². The molecule has 4 heteroatoms. The van der Waals surface area contributed by atoms with Gasteiger partial charge in [-0.15, -0.1) is 12.6 Å². The van der Waals surface area contributed by atoms with Gasteiger partial charge in [0.2, 0.25) is 0 Å². The zero-order valence-electron chi connectivity index (χ0n) is 2.96. The van der Waals surface area contributed by atoms with Gasteiger partial charge in [-0.25, -0.2) is 0 Å². The fraction of sp³-hybridized carbons (Fsp3) is 0. The highest BCUT2D eigenvalue weighted by Gasteiger charge is 1.52. The summed E-state index contributed by atoms with van der Waals surface area (Å²) in [6, 6.07) is 0. The Morgan fingerprint density at radius 1 is 1.83 bits per heavy atom. The van der Waals surface area contributed by atoms with E-state index in [1.54, 1.807) is 0 Å². The summed E-state index contributed by atoms with van der Waals surface area (Å²) in [5.74, 6) is 0. The van der Waals surface area contributed by atoms with Crippen LogP contribution >= 0.6 is 24.8 Å². The number of nitrogens with one attached hydrogen (secondary N) is 1. The van der Waals surface area contributed by atoms with Crippen molar-refractivity contribution in [1.82, 2.24) is 5.43 Å². The standard InChI is InChI=1S/C2H4N2S2/c5-1-3-4-2-6/h1-2H,(H,3,5)(H,4,6). The van der Waals surface area contributed by atoms with E-state index in [4.69, 9.17) is 0 Å². The maximum atomic E-state index is 4.33. The van der Waals surface area contributed by atoms with Gasteiger partial charge in [0.15, 0.2) is 0 Å². The number of hydrogen-bond donors (Lipinski definition) is 2. The third-order valence-electron chi connectivity index (χ3n) is 0.185. The van der Waals surface area contributed by atoms with Crippen molar-refractivity contribution in [3.05, 3.63) is 0 Å². The molecule has 1 N–H and O–H groups in total. The molecule has 0 aliphatic rings. The van der Waals surface area contributed by atoms with Crippen molar-refractivity contribution in [2.45, 2.75) is 0 Å². The van der Waals surface area contributed by atoms with Gasteiger partial charge in [-0.1, -0.05) is 12.2 Å². The maximum absolute atomic E-state index is 4.33. The lowest BCUT2D eigenvalue weighted by atomic mass is 11.5. The van der Waals surface area contributed by atoms with Crippen LogP contribution in [0.1, 0.15) is 0 Å². The third kappa shape index (κ3) is 3.91. The van der Waals surface area contributed by atoms with Crippen molar-refractivity contribution in [1.29, 1.82) is 0 Å². The van der Waals surface area contributed by atoms with Crippen LogP contribution in [0.15, 0.2) is 5.10 Å². The van der Waals surface area contributed by atoms with E-state index in [1.807, 2.05) is 0 Å². The van der Waals surface area contributed by atoms with Crippen LogP contribution in [0, 0.1) is 0 Å². The lowest BCUT2D eigenvalue weighted by Crippen LogP contribution is -1.95. The molecule has 0 heterocycles. The van der Waals surface area contributed by atoms with E-state index in [1.165, 1.54) is 11.0 Å². The topological polar surface area (TPSA) is 24.4 Å². The summed E-state index contributed by atoms with van der Waals surface area (Å²) in [5, 5.41) is 3.42. The summed E-state index contributed by atoms with van der Waals surface area (Å²) in [7, 11) is 0. The van der Waals surface area contributed by atoms with Crippen LogP contribution < -0.4 is 5.43 Å².